The Labute approximate surface area is 198 Å². The van der Waals surface area contributed by atoms with Gasteiger partial charge in [-0.15, -0.1) is 0 Å². The molecule has 0 spiro atoms. The average Bonchev–Trinajstić information content (AvgIpc) is 3.23. The maximum Gasteiger partial charge on any atom is 0.416 e. The average molecular weight is 483 g/mol. The molecule has 1 saturated heterocycles. The lowest BCUT2D eigenvalue weighted by atomic mass is 9.73. The van der Waals surface area contributed by atoms with Crippen LogP contribution in [0.25, 0.3) is 0 Å². The van der Waals surface area contributed by atoms with E-state index >= 15 is 0 Å². The maximum absolute atomic E-state index is 13.8. The van der Waals surface area contributed by atoms with Crippen LogP contribution in [0.3, 0.4) is 0 Å². The molecule has 2 fully saturated rings. The van der Waals surface area contributed by atoms with Crippen LogP contribution in [-0.4, -0.2) is 61.6 Å². The van der Waals surface area contributed by atoms with Crippen LogP contribution in [-0.2, 0) is 27.0 Å². The van der Waals surface area contributed by atoms with Gasteiger partial charge in [-0.25, -0.2) is 0 Å². The molecule has 1 aliphatic carbocycles. The van der Waals surface area contributed by atoms with Gasteiger partial charge < -0.3 is 19.7 Å². The number of ketones is 1. The lowest BCUT2D eigenvalue weighted by Gasteiger charge is -2.39. The second-order valence-electron chi connectivity index (χ2n) is 10.1. The van der Waals surface area contributed by atoms with E-state index in [-0.39, 0.29) is 60.0 Å². The molecule has 4 atom stereocenters. The van der Waals surface area contributed by atoms with Gasteiger partial charge in [-0.05, 0) is 49.3 Å². The zero-order valence-corrected chi connectivity index (χ0v) is 19.9. The minimum absolute atomic E-state index is 0.0160. The molecule has 0 radical (unpaired) electrons. The molecule has 9 heteroatoms. The van der Waals surface area contributed by atoms with Crippen LogP contribution in [0.15, 0.2) is 18.2 Å². The van der Waals surface area contributed by atoms with Gasteiger partial charge in [-0.2, -0.15) is 13.2 Å². The SMILES string of the molecule is CO[C@@H]1COCC[C@@H]1N[C@@H]1CC[C@@](C(=O)N2CC(=O)c3ccc(C(F)(F)F)cc3C2)(C(C)C)C1. The molecular formula is C25H33F3N2O4. The fraction of sp³-hybridized carbons (Fsp3) is 0.680. The van der Waals surface area contributed by atoms with Crippen molar-refractivity contribution >= 4 is 11.7 Å². The van der Waals surface area contributed by atoms with E-state index in [2.05, 4.69) is 5.32 Å². The summed E-state index contributed by atoms with van der Waals surface area (Å²) in [6, 6.07) is 3.43. The first-order chi connectivity index (χ1) is 16.0. The molecule has 1 aromatic rings. The third-order valence-electron chi connectivity index (χ3n) is 7.85. The number of fused-ring (bicyclic) bond motifs is 1. The Morgan fingerprint density at radius 2 is 2.03 bits per heavy atom. The highest BCUT2D eigenvalue weighted by atomic mass is 19.4. The lowest BCUT2D eigenvalue weighted by Crippen LogP contribution is -2.52. The Hall–Kier alpha value is -1.97. The summed E-state index contributed by atoms with van der Waals surface area (Å²) in [7, 11) is 1.67. The fourth-order valence-corrected chi connectivity index (χ4v) is 5.77. The fourth-order valence-electron chi connectivity index (χ4n) is 5.77. The largest absolute Gasteiger partial charge is 0.416 e. The van der Waals surface area contributed by atoms with Crippen molar-refractivity contribution in [1.29, 1.82) is 0 Å². The van der Waals surface area contributed by atoms with Crippen LogP contribution in [0.5, 0.6) is 0 Å². The number of carbonyl (C=O) groups is 2. The highest BCUT2D eigenvalue weighted by Crippen LogP contribution is 2.47. The van der Waals surface area contributed by atoms with E-state index in [9.17, 15) is 22.8 Å². The van der Waals surface area contributed by atoms with E-state index in [0.717, 1.165) is 25.0 Å². The van der Waals surface area contributed by atoms with Crippen molar-refractivity contribution in [2.24, 2.45) is 11.3 Å². The first-order valence-corrected chi connectivity index (χ1v) is 11.9. The third kappa shape index (κ3) is 4.75. The highest BCUT2D eigenvalue weighted by Gasteiger charge is 2.50. The standard InChI is InChI=1S/C25H33F3N2O4/c1-15(2)24(8-6-18(11-24)29-20-7-9-34-14-22(20)33-3)23(32)30-12-16-10-17(25(26,27)28)4-5-19(16)21(31)13-30/h4-5,10,15,18,20,22,29H,6-9,11-14H2,1-3H3/t18-,20+,22-,24+/m1/s1. The summed E-state index contributed by atoms with van der Waals surface area (Å²) in [4.78, 5) is 28.0. The second-order valence-corrected chi connectivity index (χ2v) is 10.1. The molecule has 1 saturated carbocycles. The predicted octanol–water partition coefficient (Wildman–Crippen LogP) is 3.82. The normalized spacial score (nSPS) is 30.0. The van der Waals surface area contributed by atoms with Gasteiger partial charge >= 0.3 is 6.18 Å². The van der Waals surface area contributed by atoms with E-state index in [1.807, 2.05) is 13.8 Å². The van der Waals surface area contributed by atoms with Crippen LogP contribution in [0.2, 0.25) is 0 Å². The quantitative estimate of drug-likeness (QED) is 0.691. The van der Waals surface area contributed by atoms with E-state index in [1.54, 1.807) is 7.11 Å². The minimum Gasteiger partial charge on any atom is -0.379 e. The topological polar surface area (TPSA) is 67.9 Å². The third-order valence-corrected chi connectivity index (χ3v) is 7.85. The smallest absolute Gasteiger partial charge is 0.379 e. The molecule has 2 heterocycles. The van der Waals surface area contributed by atoms with Crippen LogP contribution >= 0.6 is 0 Å². The van der Waals surface area contributed by atoms with E-state index in [1.165, 1.54) is 11.0 Å². The number of nitrogens with one attached hydrogen (secondary N) is 1. The summed E-state index contributed by atoms with van der Waals surface area (Å²) in [6.07, 6.45) is -1.61. The lowest BCUT2D eigenvalue weighted by molar-refractivity contribution is -0.145. The molecule has 1 aromatic carbocycles. The number of carbonyl (C=O) groups excluding carboxylic acids is 2. The van der Waals surface area contributed by atoms with Crippen molar-refractivity contribution in [2.45, 2.75) is 70.4 Å². The van der Waals surface area contributed by atoms with Gasteiger partial charge in [-0.3, -0.25) is 9.59 Å². The summed E-state index contributed by atoms with van der Waals surface area (Å²) >= 11 is 0. The summed E-state index contributed by atoms with van der Waals surface area (Å²) in [5, 5.41) is 3.67. The van der Waals surface area contributed by atoms with Gasteiger partial charge in [0.1, 0.15) is 0 Å². The molecule has 2 aliphatic heterocycles. The summed E-state index contributed by atoms with van der Waals surface area (Å²) < 4.78 is 50.7. The number of rotatable bonds is 5. The van der Waals surface area contributed by atoms with E-state index in [4.69, 9.17) is 9.47 Å². The van der Waals surface area contributed by atoms with Crippen LogP contribution in [0.4, 0.5) is 13.2 Å². The Morgan fingerprint density at radius 1 is 1.26 bits per heavy atom. The van der Waals surface area contributed by atoms with Gasteiger partial charge in [0, 0.05) is 37.9 Å². The van der Waals surface area contributed by atoms with E-state index in [0.29, 0.717) is 26.1 Å². The molecule has 4 rings (SSSR count). The first kappa shape index (κ1) is 25.1. The van der Waals surface area contributed by atoms with Crippen molar-refractivity contribution in [1.82, 2.24) is 10.2 Å². The summed E-state index contributed by atoms with van der Waals surface area (Å²) in [6.45, 7) is 5.12. The number of nitrogens with zero attached hydrogens (tertiary/aromatic N) is 1. The van der Waals surface area contributed by atoms with Gasteiger partial charge in [0.2, 0.25) is 5.91 Å². The van der Waals surface area contributed by atoms with Gasteiger partial charge in [-0.1, -0.05) is 19.9 Å². The van der Waals surface area contributed by atoms with Crippen molar-refractivity contribution < 1.29 is 32.2 Å². The van der Waals surface area contributed by atoms with Gasteiger partial charge in [0.25, 0.3) is 0 Å². The summed E-state index contributed by atoms with van der Waals surface area (Å²) in [5.41, 5.74) is -0.936. The van der Waals surface area contributed by atoms with Crippen molar-refractivity contribution in [3.8, 4) is 0 Å². The van der Waals surface area contributed by atoms with Crippen molar-refractivity contribution in [2.75, 3.05) is 26.9 Å². The summed E-state index contributed by atoms with van der Waals surface area (Å²) in [5.74, 6) is -0.434. The van der Waals surface area contributed by atoms with Crippen LogP contribution in [0.1, 0.15) is 61.0 Å². The van der Waals surface area contributed by atoms with Crippen LogP contribution < -0.4 is 5.32 Å². The van der Waals surface area contributed by atoms with Crippen molar-refractivity contribution in [3.63, 3.8) is 0 Å². The van der Waals surface area contributed by atoms with Gasteiger partial charge in [0.05, 0.1) is 30.2 Å². The molecule has 1 amide bonds. The number of hydrogen-bond donors (Lipinski definition) is 1. The van der Waals surface area contributed by atoms with Crippen molar-refractivity contribution in [3.05, 3.63) is 34.9 Å². The maximum atomic E-state index is 13.8. The monoisotopic (exact) mass is 482 g/mol. The zero-order valence-electron chi connectivity index (χ0n) is 19.9. The molecule has 1 N–H and O–H groups in total. The number of halogens is 3. The number of alkyl halides is 3. The molecule has 34 heavy (non-hydrogen) atoms. The Balaban J connectivity index is 1.52. The minimum atomic E-state index is -4.50. The molecule has 3 aliphatic rings. The predicted molar refractivity (Wildman–Crippen MR) is 119 cm³/mol. The number of Topliss-reactive ketones (excluding diaryl/α,β-unsaturated/α-hetero) is 1. The molecule has 6 nitrogen and oxygen atoms in total. The molecule has 0 unspecified atom stereocenters. The molecule has 188 valence electrons. The highest BCUT2D eigenvalue weighted by molar-refractivity contribution is 6.02. The zero-order chi connectivity index (χ0) is 24.7. The number of benzene rings is 1. The first-order valence-electron chi connectivity index (χ1n) is 11.9. The van der Waals surface area contributed by atoms with Crippen LogP contribution in [0, 0.1) is 11.3 Å². The Morgan fingerprint density at radius 3 is 2.71 bits per heavy atom. The number of methoxy groups -OCH3 is 1. The second kappa shape index (κ2) is 9.59. The van der Waals surface area contributed by atoms with E-state index < -0.39 is 17.2 Å². The molecule has 0 aromatic heterocycles. The molecular weight excluding hydrogens is 449 g/mol. The number of amides is 1. The number of hydrogen-bond acceptors (Lipinski definition) is 5. The Bertz CT molecular complexity index is 935. The molecule has 0 bridgehead atoms. The number of ether oxygens (including phenoxy) is 2. The Kier molecular flexibility index (Phi) is 7.09. The van der Waals surface area contributed by atoms with Gasteiger partial charge in [0.15, 0.2) is 5.78 Å².